The smallest absolute Gasteiger partial charge is 0.408 e. The summed E-state index contributed by atoms with van der Waals surface area (Å²) in [6.07, 6.45) is 2.02. The number of benzene rings is 1. The van der Waals surface area contributed by atoms with Crippen molar-refractivity contribution in [1.29, 1.82) is 0 Å². The predicted octanol–water partition coefficient (Wildman–Crippen LogP) is 4.80. The summed E-state index contributed by atoms with van der Waals surface area (Å²) in [4.78, 5) is 40.9. The van der Waals surface area contributed by atoms with Crippen molar-refractivity contribution >= 4 is 17.9 Å². The Kier molecular flexibility index (Phi) is 10.9. The number of carbonyl (C=O) groups excluding carboxylic acids is 3. The van der Waals surface area contributed by atoms with Crippen LogP contribution < -0.4 is 10.6 Å². The molecule has 2 N–H and O–H groups in total. The molecule has 2 atom stereocenters. The summed E-state index contributed by atoms with van der Waals surface area (Å²) in [5.74, 6) is -0.546. The van der Waals surface area contributed by atoms with Gasteiger partial charge in [-0.25, -0.2) is 4.79 Å². The third-order valence-corrected chi connectivity index (χ3v) is 5.11. The quantitative estimate of drug-likeness (QED) is 0.490. The number of nitrogens with zero attached hydrogens (tertiary/aromatic N) is 1. The molecule has 33 heavy (non-hydrogen) atoms. The molecular weight excluding hydrogens is 418 g/mol. The summed E-state index contributed by atoms with van der Waals surface area (Å²) in [6, 6.07) is 4.21. The fourth-order valence-corrected chi connectivity index (χ4v) is 3.56. The van der Waals surface area contributed by atoms with Crippen molar-refractivity contribution in [1.82, 2.24) is 15.5 Å². The van der Waals surface area contributed by atoms with Crippen molar-refractivity contribution < 1.29 is 19.1 Å². The number of hydrogen-bond acceptors (Lipinski definition) is 4. The number of unbranched alkanes of at least 4 members (excludes halogenated alkanes) is 2. The summed E-state index contributed by atoms with van der Waals surface area (Å²) in [7, 11) is 0. The highest BCUT2D eigenvalue weighted by molar-refractivity contribution is 5.92. The van der Waals surface area contributed by atoms with Crippen molar-refractivity contribution in [3.05, 3.63) is 34.9 Å². The maximum atomic E-state index is 13.6. The van der Waals surface area contributed by atoms with Crippen LogP contribution in [-0.4, -0.2) is 47.0 Å². The van der Waals surface area contributed by atoms with Gasteiger partial charge in [0.25, 0.3) is 0 Å². The number of nitrogens with one attached hydrogen (secondary N) is 2. The molecule has 0 fully saturated rings. The zero-order valence-electron chi connectivity index (χ0n) is 21.9. The van der Waals surface area contributed by atoms with Crippen molar-refractivity contribution in [2.24, 2.45) is 0 Å². The van der Waals surface area contributed by atoms with Crippen LogP contribution in [0.25, 0.3) is 0 Å². The van der Waals surface area contributed by atoms with E-state index in [-0.39, 0.29) is 17.9 Å². The number of ether oxygens (including phenoxy) is 1. The third-order valence-electron chi connectivity index (χ3n) is 5.11. The first-order chi connectivity index (χ1) is 15.3. The summed E-state index contributed by atoms with van der Waals surface area (Å²) in [6.45, 7) is 17.1. The van der Waals surface area contributed by atoms with Crippen LogP contribution in [0.3, 0.4) is 0 Å². The van der Waals surface area contributed by atoms with Crippen LogP contribution in [0.15, 0.2) is 18.2 Å². The summed E-state index contributed by atoms with van der Waals surface area (Å²) in [5, 5.41) is 5.61. The molecule has 0 aliphatic heterocycles. The molecular formula is C26H43N3O4. The Balaban J connectivity index is 3.37. The van der Waals surface area contributed by atoms with E-state index in [1.807, 2.05) is 45.9 Å². The van der Waals surface area contributed by atoms with E-state index in [0.717, 1.165) is 36.0 Å². The van der Waals surface area contributed by atoms with E-state index in [1.54, 1.807) is 32.6 Å². The first kappa shape index (κ1) is 28.5. The lowest BCUT2D eigenvalue weighted by atomic mass is 9.95. The monoisotopic (exact) mass is 461 g/mol. The maximum Gasteiger partial charge on any atom is 0.408 e. The number of rotatable bonds is 10. The highest BCUT2D eigenvalue weighted by atomic mass is 16.6. The molecule has 2 unspecified atom stereocenters. The highest BCUT2D eigenvalue weighted by Crippen LogP contribution is 2.27. The zero-order chi connectivity index (χ0) is 25.3. The molecule has 0 saturated carbocycles. The van der Waals surface area contributed by atoms with Crippen LogP contribution in [-0.2, 0) is 14.3 Å². The van der Waals surface area contributed by atoms with Gasteiger partial charge < -0.3 is 20.3 Å². The largest absolute Gasteiger partial charge is 0.444 e. The molecule has 0 heterocycles. The van der Waals surface area contributed by atoms with Crippen molar-refractivity contribution in [2.75, 3.05) is 6.54 Å². The third kappa shape index (κ3) is 9.44. The molecule has 0 bridgehead atoms. The molecule has 1 rings (SSSR count). The first-order valence-corrected chi connectivity index (χ1v) is 11.9. The van der Waals surface area contributed by atoms with Crippen LogP contribution in [0.2, 0.25) is 0 Å². The zero-order valence-corrected chi connectivity index (χ0v) is 21.9. The second kappa shape index (κ2) is 12.6. The molecule has 3 amide bonds. The molecule has 0 saturated heterocycles. The SMILES string of the molecule is CCCCCN(C(=O)C(C)NC(=O)OC(C)(C)C)C(C(=O)NC(C)C)c1cc(C)ccc1C. The average molecular weight is 462 g/mol. The number of hydrogen-bond donors (Lipinski definition) is 2. The van der Waals surface area contributed by atoms with Crippen molar-refractivity contribution in [3.8, 4) is 0 Å². The van der Waals surface area contributed by atoms with Gasteiger partial charge in [-0.1, -0.05) is 43.5 Å². The van der Waals surface area contributed by atoms with Crippen LogP contribution in [0.4, 0.5) is 4.79 Å². The second-order valence-electron chi connectivity index (χ2n) is 10.0. The lowest BCUT2D eigenvalue weighted by molar-refractivity contribution is -0.142. The molecule has 1 aromatic carbocycles. The summed E-state index contributed by atoms with van der Waals surface area (Å²) < 4.78 is 5.32. The number of amides is 3. The Morgan fingerprint density at radius 1 is 1.03 bits per heavy atom. The average Bonchev–Trinajstić information content (AvgIpc) is 2.67. The van der Waals surface area contributed by atoms with Gasteiger partial charge in [-0.15, -0.1) is 0 Å². The predicted molar refractivity (Wildman–Crippen MR) is 132 cm³/mol. The Hall–Kier alpha value is -2.57. The molecule has 0 spiro atoms. The van der Waals surface area contributed by atoms with Crippen LogP contribution >= 0.6 is 0 Å². The van der Waals surface area contributed by atoms with E-state index < -0.39 is 23.8 Å². The van der Waals surface area contributed by atoms with Gasteiger partial charge in [0.2, 0.25) is 11.8 Å². The minimum Gasteiger partial charge on any atom is -0.444 e. The Labute approximate surface area is 199 Å². The topological polar surface area (TPSA) is 87.7 Å². The van der Waals surface area contributed by atoms with E-state index in [1.165, 1.54) is 0 Å². The summed E-state index contributed by atoms with van der Waals surface area (Å²) >= 11 is 0. The van der Waals surface area contributed by atoms with Gasteiger partial charge in [-0.05, 0) is 72.9 Å². The van der Waals surface area contributed by atoms with Crippen molar-refractivity contribution in [2.45, 2.75) is 105 Å². The first-order valence-electron chi connectivity index (χ1n) is 11.9. The molecule has 0 radical (unpaired) electrons. The normalized spacial score (nSPS) is 13.3. The van der Waals surface area contributed by atoms with E-state index in [0.29, 0.717) is 6.54 Å². The lowest BCUT2D eigenvalue weighted by Gasteiger charge is -2.35. The van der Waals surface area contributed by atoms with Crippen LogP contribution in [0, 0.1) is 13.8 Å². The summed E-state index contributed by atoms with van der Waals surface area (Å²) in [5.41, 5.74) is 2.07. The fourth-order valence-electron chi connectivity index (χ4n) is 3.56. The van der Waals surface area contributed by atoms with Crippen LogP contribution in [0.1, 0.15) is 90.5 Å². The minimum absolute atomic E-state index is 0.0741. The van der Waals surface area contributed by atoms with Gasteiger partial charge in [0, 0.05) is 12.6 Å². The van der Waals surface area contributed by atoms with Gasteiger partial charge in [0.1, 0.15) is 17.7 Å². The van der Waals surface area contributed by atoms with Gasteiger partial charge in [-0.2, -0.15) is 0 Å². The molecule has 7 nitrogen and oxygen atoms in total. The highest BCUT2D eigenvalue weighted by Gasteiger charge is 2.35. The van der Waals surface area contributed by atoms with E-state index in [4.69, 9.17) is 4.74 Å². The molecule has 0 aromatic heterocycles. The molecule has 0 aliphatic carbocycles. The Morgan fingerprint density at radius 2 is 1.67 bits per heavy atom. The fraction of sp³-hybridized carbons (Fsp3) is 0.654. The minimum atomic E-state index is -0.846. The lowest BCUT2D eigenvalue weighted by Crippen LogP contribution is -2.52. The number of alkyl carbamates (subject to hydrolysis) is 1. The molecule has 7 heteroatoms. The van der Waals surface area contributed by atoms with E-state index in [9.17, 15) is 14.4 Å². The Bertz CT molecular complexity index is 814. The number of carbonyl (C=O) groups is 3. The molecule has 1 aromatic rings. The second-order valence-corrected chi connectivity index (χ2v) is 10.0. The number of aryl methyl sites for hydroxylation is 2. The van der Waals surface area contributed by atoms with E-state index >= 15 is 0 Å². The molecule has 0 aliphatic rings. The maximum absolute atomic E-state index is 13.6. The standard InChI is InChI=1S/C26H43N3O4/c1-10-11-12-15-29(24(31)20(6)28-25(32)33-26(7,8)9)22(23(30)27-17(2)3)21-16-18(4)13-14-19(21)5/h13-14,16-17,20,22H,10-12,15H2,1-9H3,(H,27,30)(H,28,32). The van der Waals surface area contributed by atoms with Crippen molar-refractivity contribution in [3.63, 3.8) is 0 Å². The van der Waals surface area contributed by atoms with E-state index in [2.05, 4.69) is 17.6 Å². The Morgan fingerprint density at radius 3 is 2.21 bits per heavy atom. The van der Waals surface area contributed by atoms with Crippen LogP contribution in [0.5, 0.6) is 0 Å². The van der Waals surface area contributed by atoms with Gasteiger partial charge in [0.05, 0.1) is 0 Å². The van der Waals surface area contributed by atoms with Gasteiger partial charge >= 0.3 is 6.09 Å². The van der Waals surface area contributed by atoms with Gasteiger partial charge in [0.15, 0.2) is 0 Å². The molecule has 186 valence electrons. The van der Waals surface area contributed by atoms with Gasteiger partial charge in [-0.3, -0.25) is 9.59 Å².